The Morgan fingerprint density at radius 3 is 2.40 bits per heavy atom. The van der Waals surface area contributed by atoms with E-state index in [1.807, 2.05) is 19.9 Å². The standard InChI is InChI=1S/C24H23N3O3/c1-16-13-14-27(19-7-5-6-8-20(19)30-4)23(29)21(16)22(28)26-18-11-9-17(10-12-18)24(2,3)15-25/h5-14H,1-4H3,(H,26,28). The predicted octanol–water partition coefficient (Wildman–Crippen LogP) is 4.21. The summed E-state index contributed by atoms with van der Waals surface area (Å²) in [5.74, 6) is 0.0412. The number of hydrogen-bond acceptors (Lipinski definition) is 4. The number of nitriles is 1. The molecule has 1 aromatic heterocycles. The third-order valence-corrected chi connectivity index (χ3v) is 5.02. The fraction of sp³-hybridized carbons (Fsp3) is 0.208. The quantitative estimate of drug-likeness (QED) is 0.694. The highest BCUT2D eigenvalue weighted by molar-refractivity contribution is 6.05. The maximum absolute atomic E-state index is 13.1. The summed E-state index contributed by atoms with van der Waals surface area (Å²) in [6.45, 7) is 5.38. The van der Waals surface area contributed by atoms with Crippen LogP contribution in [-0.2, 0) is 5.41 Å². The number of anilines is 1. The van der Waals surface area contributed by atoms with Crippen molar-refractivity contribution in [3.8, 4) is 17.5 Å². The van der Waals surface area contributed by atoms with Gasteiger partial charge in [0.05, 0.1) is 24.3 Å². The summed E-state index contributed by atoms with van der Waals surface area (Å²) in [5.41, 5.74) is 1.53. The molecule has 0 unspecified atom stereocenters. The van der Waals surface area contributed by atoms with Crippen molar-refractivity contribution in [3.63, 3.8) is 0 Å². The third kappa shape index (κ3) is 3.96. The van der Waals surface area contributed by atoms with E-state index in [-0.39, 0.29) is 5.56 Å². The van der Waals surface area contributed by atoms with Gasteiger partial charge >= 0.3 is 0 Å². The zero-order valence-corrected chi connectivity index (χ0v) is 17.4. The lowest BCUT2D eigenvalue weighted by Gasteiger charge is -2.16. The average Bonchev–Trinajstić information content (AvgIpc) is 2.74. The van der Waals surface area contributed by atoms with E-state index in [0.717, 1.165) is 5.56 Å². The highest BCUT2D eigenvalue weighted by Crippen LogP contribution is 2.24. The molecule has 6 nitrogen and oxygen atoms in total. The van der Waals surface area contributed by atoms with Gasteiger partial charge in [-0.3, -0.25) is 14.2 Å². The lowest BCUT2D eigenvalue weighted by atomic mass is 9.86. The Hall–Kier alpha value is -3.85. The molecule has 0 spiro atoms. The summed E-state index contributed by atoms with van der Waals surface area (Å²) >= 11 is 0. The second-order valence-electron chi connectivity index (χ2n) is 7.49. The van der Waals surface area contributed by atoms with Gasteiger partial charge in [0.1, 0.15) is 11.3 Å². The fourth-order valence-corrected chi connectivity index (χ4v) is 3.15. The summed E-state index contributed by atoms with van der Waals surface area (Å²) in [7, 11) is 1.53. The van der Waals surface area contributed by atoms with Crippen molar-refractivity contribution in [1.29, 1.82) is 5.26 Å². The number of nitrogens with zero attached hydrogens (tertiary/aromatic N) is 2. The molecule has 1 N–H and O–H groups in total. The van der Waals surface area contributed by atoms with E-state index < -0.39 is 16.9 Å². The second kappa shape index (κ2) is 8.26. The minimum Gasteiger partial charge on any atom is -0.495 e. The van der Waals surface area contributed by atoms with Crippen LogP contribution in [0.3, 0.4) is 0 Å². The van der Waals surface area contributed by atoms with Gasteiger partial charge in [0.25, 0.3) is 11.5 Å². The van der Waals surface area contributed by atoms with E-state index in [1.54, 1.807) is 61.7 Å². The molecule has 0 fully saturated rings. The van der Waals surface area contributed by atoms with Crippen LogP contribution in [0, 0.1) is 18.3 Å². The smallest absolute Gasteiger partial charge is 0.268 e. The van der Waals surface area contributed by atoms with Crippen LogP contribution in [0.25, 0.3) is 5.69 Å². The number of carbonyl (C=O) groups is 1. The van der Waals surface area contributed by atoms with E-state index in [2.05, 4.69) is 11.4 Å². The van der Waals surface area contributed by atoms with E-state index in [1.165, 1.54) is 11.7 Å². The summed E-state index contributed by atoms with van der Waals surface area (Å²) in [6, 6.07) is 18.1. The highest BCUT2D eigenvalue weighted by atomic mass is 16.5. The number of aryl methyl sites for hydroxylation is 1. The zero-order chi connectivity index (χ0) is 21.9. The lowest BCUT2D eigenvalue weighted by molar-refractivity contribution is 0.102. The molecule has 2 aromatic carbocycles. The monoisotopic (exact) mass is 401 g/mol. The number of aromatic nitrogens is 1. The lowest BCUT2D eigenvalue weighted by Crippen LogP contribution is -2.29. The molecule has 0 aliphatic heterocycles. The van der Waals surface area contributed by atoms with Crippen molar-refractivity contribution in [2.24, 2.45) is 0 Å². The van der Waals surface area contributed by atoms with Crippen molar-refractivity contribution >= 4 is 11.6 Å². The number of para-hydroxylation sites is 2. The maximum atomic E-state index is 13.1. The number of benzene rings is 2. The van der Waals surface area contributed by atoms with Gasteiger partial charge in [-0.25, -0.2) is 0 Å². The van der Waals surface area contributed by atoms with Crippen LogP contribution in [0.15, 0.2) is 65.6 Å². The van der Waals surface area contributed by atoms with Gasteiger partial charge in [0.15, 0.2) is 0 Å². The Labute approximate surface area is 175 Å². The first kappa shape index (κ1) is 20.9. The summed E-state index contributed by atoms with van der Waals surface area (Å²) in [5, 5.41) is 12.0. The van der Waals surface area contributed by atoms with E-state index >= 15 is 0 Å². The molecule has 0 bridgehead atoms. The molecule has 0 aliphatic rings. The van der Waals surface area contributed by atoms with Crippen LogP contribution >= 0.6 is 0 Å². The number of pyridine rings is 1. The molecule has 152 valence electrons. The Balaban J connectivity index is 1.95. The highest BCUT2D eigenvalue weighted by Gasteiger charge is 2.21. The molecule has 1 heterocycles. The normalized spacial score (nSPS) is 10.9. The first-order chi connectivity index (χ1) is 14.3. The Bertz CT molecular complexity index is 1190. The molecule has 1 amide bonds. The van der Waals surface area contributed by atoms with E-state index in [9.17, 15) is 14.9 Å². The number of nitrogens with one attached hydrogen (secondary N) is 1. The van der Waals surface area contributed by atoms with Gasteiger partial charge in [0.2, 0.25) is 0 Å². The Kier molecular flexibility index (Phi) is 5.74. The van der Waals surface area contributed by atoms with Crippen LogP contribution in [0.1, 0.15) is 35.3 Å². The Morgan fingerprint density at radius 1 is 1.10 bits per heavy atom. The number of amides is 1. The molecule has 0 saturated carbocycles. The molecule has 0 atom stereocenters. The van der Waals surface area contributed by atoms with E-state index in [4.69, 9.17) is 4.74 Å². The SMILES string of the molecule is COc1ccccc1-n1ccc(C)c(C(=O)Nc2ccc(C(C)(C)C#N)cc2)c1=O. The van der Waals surface area contributed by atoms with E-state index in [0.29, 0.717) is 22.7 Å². The molecular weight excluding hydrogens is 378 g/mol. The Morgan fingerprint density at radius 2 is 1.77 bits per heavy atom. The minimum atomic E-state index is -0.624. The first-order valence-electron chi connectivity index (χ1n) is 9.47. The van der Waals surface area contributed by atoms with Crippen LogP contribution in [0.4, 0.5) is 5.69 Å². The second-order valence-corrected chi connectivity index (χ2v) is 7.49. The third-order valence-electron chi connectivity index (χ3n) is 5.02. The molecule has 0 saturated heterocycles. The van der Waals surface area contributed by atoms with Gasteiger partial charge in [-0.05, 0) is 62.2 Å². The van der Waals surface area contributed by atoms with Crippen LogP contribution in [0.2, 0.25) is 0 Å². The van der Waals surface area contributed by atoms with Gasteiger partial charge in [-0.15, -0.1) is 0 Å². The topological polar surface area (TPSA) is 84.1 Å². The molecule has 3 rings (SSSR count). The molecular formula is C24H23N3O3. The average molecular weight is 401 g/mol. The molecule has 6 heteroatoms. The van der Waals surface area contributed by atoms with Crippen molar-refractivity contribution in [2.45, 2.75) is 26.2 Å². The molecule has 30 heavy (non-hydrogen) atoms. The largest absolute Gasteiger partial charge is 0.495 e. The van der Waals surface area contributed by atoms with Crippen LogP contribution in [0.5, 0.6) is 5.75 Å². The molecule has 0 radical (unpaired) electrons. The summed E-state index contributed by atoms with van der Waals surface area (Å²) < 4.78 is 6.75. The van der Waals surface area contributed by atoms with Crippen molar-refractivity contribution in [1.82, 2.24) is 4.57 Å². The zero-order valence-electron chi connectivity index (χ0n) is 17.4. The minimum absolute atomic E-state index is 0.0600. The number of methoxy groups -OCH3 is 1. The van der Waals surface area contributed by atoms with Crippen LogP contribution < -0.4 is 15.6 Å². The number of carbonyl (C=O) groups excluding carboxylic acids is 1. The fourth-order valence-electron chi connectivity index (χ4n) is 3.15. The number of ether oxygens (including phenoxy) is 1. The predicted molar refractivity (Wildman–Crippen MR) is 116 cm³/mol. The van der Waals surface area contributed by atoms with Gasteiger partial charge in [-0.2, -0.15) is 5.26 Å². The van der Waals surface area contributed by atoms with Gasteiger partial charge in [-0.1, -0.05) is 24.3 Å². The summed E-state index contributed by atoms with van der Waals surface area (Å²) in [6.07, 6.45) is 1.63. The first-order valence-corrected chi connectivity index (χ1v) is 9.47. The van der Waals surface area contributed by atoms with Crippen molar-refractivity contribution in [2.75, 3.05) is 12.4 Å². The number of hydrogen-bond donors (Lipinski definition) is 1. The summed E-state index contributed by atoms with van der Waals surface area (Å²) in [4.78, 5) is 26.0. The van der Waals surface area contributed by atoms with Gasteiger partial charge < -0.3 is 10.1 Å². The number of rotatable bonds is 5. The van der Waals surface area contributed by atoms with Crippen molar-refractivity contribution in [3.05, 3.63) is 87.8 Å². The van der Waals surface area contributed by atoms with Crippen molar-refractivity contribution < 1.29 is 9.53 Å². The molecule has 0 aliphatic carbocycles. The maximum Gasteiger partial charge on any atom is 0.268 e. The van der Waals surface area contributed by atoms with Crippen LogP contribution in [-0.4, -0.2) is 17.6 Å². The van der Waals surface area contributed by atoms with Gasteiger partial charge in [0, 0.05) is 11.9 Å². The molecule has 3 aromatic rings.